The molecule has 1 aromatic rings. The van der Waals surface area contributed by atoms with Crippen molar-refractivity contribution in [3.8, 4) is 11.5 Å². The topological polar surface area (TPSA) is 30.5 Å². The van der Waals surface area contributed by atoms with Crippen LogP contribution < -0.4 is 14.8 Å². The molecule has 0 bridgehead atoms. The van der Waals surface area contributed by atoms with Crippen LogP contribution in [0.4, 0.5) is 0 Å². The zero-order valence-electron chi connectivity index (χ0n) is 11.7. The standard InChI is InChI=1S/C15H25NO2/c1-4-10-16-11-6-7-13(2)18-15-9-5-8-14(12-15)17-3/h5,8-9,12-13,16H,4,6-7,10-11H2,1-3H3. The first-order chi connectivity index (χ1) is 8.76. The number of benzene rings is 1. The van der Waals surface area contributed by atoms with E-state index in [0.717, 1.165) is 37.4 Å². The Balaban J connectivity index is 2.24. The average Bonchev–Trinajstić information content (AvgIpc) is 2.38. The average molecular weight is 251 g/mol. The molecular weight excluding hydrogens is 226 g/mol. The first kappa shape index (κ1) is 14.8. The minimum atomic E-state index is 0.237. The number of ether oxygens (including phenoxy) is 2. The van der Waals surface area contributed by atoms with Crippen LogP contribution in [0.5, 0.6) is 11.5 Å². The Labute approximate surface area is 110 Å². The molecule has 0 aliphatic rings. The van der Waals surface area contributed by atoms with Gasteiger partial charge in [0.1, 0.15) is 11.5 Å². The summed E-state index contributed by atoms with van der Waals surface area (Å²) >= 11 is 0. The molecule has 0 saturated carbocycles. The molecule has 0 amide bonds. The van der Waals surface area contributed by atoms with Crippen LogP contribution in [0.25, 0.3) is 0 Å². The molecule has 0 saturated heterocycles. The van der Waals surface area contributed by atoms with Crippen molar-refractivity contribution in [2.45, 2.75) is 39.2 Å². The van der Waals surface area contributed by atoms with E-state index in [2.05, 4.69) is 19.2 Å². The summed E-state index contributed by atoms with van der Waals surface area (Å²) in [6, 6.07) is 7.76. The second-order valence-corrected chi connectivity index (χ2v) is 4.50. The first-order valence-electron chi connectivity index (χ1n) is 6.77. The van der Waals surface area contributed by atoms with E-state index in [0.29, 0.717) is 0 Å². The van der Waals surface area contributed by atoms with Crippen LogP contribution in [0, 0.1) is 0 Å². The second-order valence-electron chi connectivity index (χ2n) is 4.50. The number of hydrogen-bond acceptors (Lipinski definition) is 3. The number of nitrogens with one attached hydrogen (secondary N) is 1. The largest absolute Gasteiger partial charge is 0.497 e. The van der Waals surface area contributed by atoms with Crippen LogP contribution in [-0.2, 0) is 0 Å². The van der Waals surface area contributed by atoms with Gasteiger partial charge in [-0.05, 0) is 51.4 Å². The highest BCUT2D eigenvalue weighted by molar-refractivity contribution is 5.32. The Hall–Kier alpha value is -1.22. The summed E-state index contributed by atoms with van der Waals surface area (Å²) in [5, 5.41) is 3.40. The molecule has 0 heterocycles. The fourth-order valence-corrected chi connectivity index (χ4v) is 1.78. The minimum absolute atomic E-state index is 0.237. The predicted molar refractivity (Wildman–Crippen MR) is 75.5 cm³/mol. The first-order valence-corrected chi connectivity index (χ1v) is 6.77. The van der Waals surface area contributed by atoms with Gasteiger partial charge in [-0.1, -0.05) is 13.0 Å². The Kier molecular flexibility index (Phi) is 7.26. The lowest BCUT2D eigenvalue weighted by Gasteiger charge is -2.15. The van der Waals surface area contributed by atoms with Crippen molar-refractivity contribution in [1.82, 2.24) is 5.32 Å². The lowest BCUT2D eigenvalue weighted by molar-refractivity contribution is 0.206. The van der Waals surface area contributed by atoms with Crippen LogP contribution in [0.2, 0.25) is 0 Å². The second kappa shape index (κ2) is 8.81. The van der Waals surface area contributed by atoms with E-state index in [1.807, 2.05) is 24.3 Å². The SMILES string of the molecule is CCCNCCCC(C)Oc1cccc(OC)c1. The van der Waals surface area contributed by atoms with Crippen LogP contribution in [0.3, 0.4) is 0 Å². The van der Waals surface area contributed by atoms with E-state index >= 15 is 0 Å². The van der Waals surface area contributed by atoms with Gasteiger partial charge in [0.05, 0.1) is 13.2 Å². The van der Waals surface area contributed by atoms with Gasteiger partial charge < -0.3 is 14.8 Å². The summed E-state index contributed by atoms with van der Waals surface area (Å²) in [6.07, 6.45) is 3.63. The third kappa shape index (κ3) is 5.92. The van der Waals surface area contributed by atoms with Crippen molar-refractivity contribution >= 4 is 0 Å². The van der Waals surface area contributed by atoms with Gasteiger partial charge in [0, 0.05) is 6.07 Å². The molecule has 18 heavy (non-hydrogen) atoms. The molecule has 0 aromatic heterocycles. The van der Waals surface area contributed by atoms with Crippen LogP contribution in [0.15, 0.2) is 24.3 Å². The quantitative estimate of drug-likeness (QED) is 0.683. The zero-order chi connectivity index (χ0) is 13.2. The Morgan fingerprint density at radius 3 is 2.72 bits per heavy atom. The van der Waals surface area contributed by atoms with Gasteiger partial charge in [0.25, 0.3) is 0 Å². The molecule has 3 nitrogen and oxygen atoms in total. The predicted octanol–water partition coefficient (Wildman–Crippen LogP) is 3.24. The lowest BCUT2D eigenvalue weighted by atomic mass is 10.2. The lowest BCUT2D eigenvalue weighted by Crippen LogP contribution is -2.19. The highest BCUT2D eigenvalue weighted by Gasteiger charge is 2.04. The van der Waals surface area contributed by atoms with Crippen molar-refractivity contribution in [2.24, 2.45) is 0 Å². The molecule has 3 heteroatoms. The molecule has 0 radical (unpaired) electrons. The van der Waals surface area contributed by atoms with E-state index in [1.54, 1.807) is 7.11 Å². The van der Waals surface area contributed by atoms with Crippen molar-refractivity contribution in [1.29, 1.82) is 0 Å². The van der Waals surface area contributed by atoms with Gasteiger partial charge in [0.15, 0.2) is 0 Å². The Morgan fingerprint density at radius 1 is 1.22 bits per heavy atom. The summed E-state index contributed by atoms with van der Waals surface area (Å²) in [5.74, 6) is 1.72. The van der Waals surface area contributed by atoms with Crippen LogP contribution >= 0.6 is 0 Å². The molecule has 1 atom stereocenters. The third-order valence-electron chi connectivity index (χ3n) is 2.77. The third-order valence-corrected chi connectivity index (χ3v) is 2.77. The highest BCUT2D eigenvalue weighted by atomic mass is 16.5. The summed E-state index contributed by atoms with van der Waals surface area (Å²) in [7, 11) is 1.67. The van der Waals surface area contributed by atoms with Gasteiger partial charge in [-0.25, -0.2) is 0 Å². The van der Waals surface area contributed by atoms with E-state index < -0.39 is 0 Å². The van der Waals surface area contributed by atoms with Crippen LogP contribution in [-0.4, -0.2) is 26.3 Å². The maximum absolute atomic E-state index is 5.86. The number of hydrogen-bond donors (Lipinski definition) is 1. The van der Waals surface area contributed by atoms with Gasteiger partial charge in [-0.15, -0.1) is 0 Å². The van der Waals surface area contributed by atoms with E-state index in [9.17, 15) is 0 Å². The number of rotatable bonds is 9. The summed E-state index contributed by atoms with van der Waals surface area (Å²) in [5.41, 5.74) is 0. The minimum Gasteiger partial charge on any atom is -0.497 e. The van der Waals surface area contributed by atoms with Crippen LogP contribution in [0.1, 0.15) is 33.1 Å². The highest BCUT2D eigenvalue weighted by Crippen LogP contribution is 2.20. The normalized spacial score (nSPS) is 12.2. The Bertz CT molecular complexity index is 328. The van der Waals surface area contributed by atoms with Crippen molar-refractivity contribution < 1.29 is 9.47 Å². The van der Waals surface area contributed by atoms with E-state index in [1.165, 1.54) is 6.42 Å². The summed E-state index contributed by atoms with van der Waals surface area (Å²) in [6.45, 7) is 6.46. The molecule has 102 valence electrons. The molecule has 0 aliphatic heterocycles. The molecule has 0 spiro atoms. The van der Waals surface area contributed by atoms with Gasteiger partial charge in [-0.2, -0.15) is 0 Å². The Morgan fingerprint density at radius 2 is 2.00 bits per heavy atom. The molecular formula is C15H25NO2. The molecule has 0 fully saturated rings. The molecule has 1 unspecified atom stereocenters. The summed E-state index contributed by atoms with van der Waals surface area (Å²) in [4.78, 5) is 0. The van der Waals surface area contributed by atoms with Gasteiger partial charge in [0.2, 0.25) is 0 Å². The molecule has 1 aromatic carbocycles. The van der Waals surface area contributed by atoms with Crippen molar-refractivity contribution in [3.05, 3.63) is 24.3 Å². The fourth-order valence-electron chi connectivity index (χ4n) is 1.78. The fraction of sp³-hybridized carbons (Fsp3) is 0.600. The monoisotopic (exact) mass is 251 g/mol. The van der Waals surface area contributed by atoms with E-state index in [-0.39, 0.29) is 6.10 Å². The van der Waals surface area contributed by atoms with Gasteiger partial charge >= 0.3 is 0 Å². The van der Waals surface area contributed by atoms with Crippen molar-refractivity contribution in [2.75, 3.05) is 20.2 Å². The van der Waals surface area contributed by atoms with E-state index in [4.69, 9.17) is 9.47 Å². The molecule has 1 rings (SSSR count). The maximum Gasteiger partial charge on any atom is 0.123 e. The molecule has 1 N–H and O–H groups in total. The zero-order valence-corrected chi connectivity index (χ0v) is 11.7. The maximum atomic E-state index is 5.86. The van der Waals surface area contributed by atoms with Crippen molar-refractivity contribution in [3.63, 3.8) is 0 Å². The molecule has 0 aliphatic carbocycles. The smallest absolute Gasteiger partial charge is 0.123 e. The van der Waals surface area contributed by atoms with Gasteiger partial charge in [-0.3, -0.25) is 0 Å². The number of methoxy groups -OCH3 is 1. The summed E-state index contributed by atoms with van der Waals surface area (Å²) < 4.78 is 11.0.